The van der Waals surface area contributed by atoms with Gasteiger partial charge in [-0.05, 0) is 68.2 Å². The van der Waals surface area contributed by atoms with Crippen LogP contribution >= 0.6 is 11.6 Å². The second-order valence-corrected chi connectivity index (χ2v) is 8.17. The SMILES string of the molecule is O=c1[nH]c2ccc(Cl)cc2c(NCC2CCCNC2)c1-c1nc2ccc(F)cc2[nH]1. The fraction of sp³-hybridized carbons (Fsp3) is 0.273. The summed E-state index contributed by atoms with van der Waals surface area (Å²) in [5.74, 6) is 0.493. The lowest BCUT2D eigenvalue weighted by molar-refractivity contribution is 0.393. The number of pyridine rings is 1. The number of nitrogens with zero attached hydrogens (tertiary/aromatic N) is 1. The second kappa shape index (κ2) is 7.74. The summed E-state index contributed by atoms with van der Waals surface area (Å²) in [5.41, 5.74) is 2.64. The molecule has 4 N–H and O–H groups in total. The number of halogens is 2. The summed E-state index contributed by atoms with van der Waals surface area (Å²) in [6, 6.07) is 9.70. The van der Waals surface area contributed by atoms with E-state index in [0.29, 0.717) is 44.6 Å². The zero-order valence-electron chi connectivity index (χ0n) is 16.2. The number of imidazole rings is 1. The maximum Gasteiger partial charge on any atom is 0.261 e. The third-order valence-electron chi connectivity index (χ3n) is 5.62. The Morgan fingerprint density at radius 2 is 2.07 bits per heavy atom. The highest BCUT2D eigenvalue weighted by atomic mass is 35.5. The molecule has 4 aromatic rings. The molecule has 5 rings (SSSR count). The first-order chi connectivity index (χ1) is 14.6. The Kier molecular flexibility index (Phi) is 4.92. The molecule has 0 aliphatic carbocycles. The number of H-pyrrole nitrogens is 2. The summed E-state index contributed by atoms with van der Waals surface area (Å²) in [6.07, 6.45) is 2.26. The Bertz CT molecular complexity index is 1290. The highest BCUT2D eigenvalue weighted by Gasteiger charge is 2.20. The van der Waals surface area contributed by atoms with Crippen molar-refractivity contribution in [2.45, 2.75) is 12.8 Å². The summed E-state index contributed by atoms with van der Waals surface area (Å²) < 4.78 is 13.6. The molecule has 8 heteroatoms. The van der Waals surface area contributed by atoms with Gasteiger partial charge in [0.05, 0.1) is 22.2 Å². The topological polar surface area (TPSA) is 85.6 Å². The molecule has 154 valence electrons. The van der Waals surface area contributed by atoms with Gasteiger partial charge in [-0.3, -0.25) is 4.79 Å². The lowest BCUT2D eigenvalue weighted by atomic mass is 9.99. The smallest absolute Gasteiger partial charge is 0.261 e. The zero-order valence-corrected chi connectivity index (χ0v) is 16.9. The van der Waals surface area contributed by atoms with E-state index in [2.05, 4.69) is 25.6 Å². The number of rotatable bonds is 4. The average molecular weight is 426 g/mol. The summed E-state index contributed by atoms with van der Waals surface area (Å²) in [7, 11) is 0. The van der Waals surface area contributed by atoms with Gasteiger partial charge in [0.25, 0.3) is 5.56 Å². The van der Waals surface area contributed by atoms with E-state index in [1.54, 1.807) is 18.2 Å². The number of aromatic nitrogens is 3. The van der Waals surface area contributed by atoms with E-state index in [1.165, 1.54) is 12.1 Å². The van der Waals surface area contributed by atoms with Crippen LogP contribution in [0.15, 0.2) is 41.2 Å². The summed E-state index contributed by atoms with van der Waals surface area (Å²) in [4.78, 5) is 23.6. The van der Waals surface area contributed by atoms with Gasteiger partial charge in [0, 0.05) is 17.0 Å². The largest absolute Gasteiger partial charge is 0.383 e. The third kappa shape index (κ3) is 3.55. The first-order valence-electron chi connectivity index (χ1n) is 10.0. The summed E-state index contributed by atoms with van der Waals surface area (Å²) in [5, 5.41) is 8.30. The molecule has 0 bridgehead atoms. The molecule has 1 saturated heterocycles. The van der Waals surface area contributed by atoms with Gasteiger partial charge >= 0.3 is 0 Å². The fourth-order valence-corrected chi connectivity index (χ4v) is 4.29. The minimum atomic E-state index is -0.361. The number of hydrogen-bond donors (Lipinski definition) is 4. The molecule has 6 nitrogen and oxygen atoms in total. The van der Waals surface area contributed by atoms with Crippen molar-refractivity contribution in [2.75, 3.05) is 25.0 Å². The zero-order chi connectivity index (χ0) is 20.7. The minimum absolute atomic E-state index is 0.270. The molecule has 1 atom stereocenters. The highest BCUT2D eigenvalue weighted by Crippen LogP contribution is 2.32. The number of aromatic amines is 2. The Hall–Kier alpha value is -2.90. The van der Waals surface area contributed by atoms with Crippen LogP contribution in [0, 0.1) is 11.7 Å². The third-order valence-corrected chi connectivity index (χ3v) is 5.86. The standard InChI is InChI=1S/C22H21ClFN5O/c23-13-3-5-16-15(8-13)20(26-11-12-2-1-7-25-10-12)19(22(30)29-16)21-27-17-6-4-14(24)9-18(17)28-21/h3-6,8-9,12,25H,1-2,7,10-11H2,(H,27,28)(H2,26,29,30). The molecule has 0 saturated carbocycles. The molecular weight excluding hydrogens is 405 g/mol. The van der Waals surface area contributed by atoms with E-state index in [9.17, 15) is 9.18 Å². The van der Waals surface area contributed by atoms with Crippen LogP contribution in [0.3, 0.4) is 0 Å². The van der Waals surface area contributed by atoms with Gasteiger partial charge in [0.1, 0.15) is 17.2 Å². The average Bonchev–Trinajstić information content (AvgIpc) is 3.15. The van der Waals surface area contributed by atoms with Crippen LogP contribution < -0.4 is 16.2 Å². The van der Waals surface area contributed by atoms with Crippen molar-refractivity contribution in [3.8, 4) is 11.4 Å². The molecule has 0 amide bonds. The first kappa shape index (κ1) is 19.1. The van der Waals surface area contributed by atoms with Crippen LogP contribution in [-0.2, 0) is 0 Å². The van der Waals surface area contributed by atoms with Gasteiger partial charge in [-0.15, -0.1) is 0 Å². The number of anilines is 1. The monoisotopic (exact) mass is 425 g/mol. The number of benzene rings is 2. The lowest BCUT2D eigenvalue weighted by Crippen LogP contribution is -2.33. The molecule has 1 aliphatic rings. The maximum absolute atomic E-state index is 13.6. The molecule has 0 radical (unpaired) electrons. The van der Waals surface area contributed by atoms with Crippen LogP contribution in [0.5, 0.6) is 0 Å². The first-order valence-corrected chi connectivity index (χ1v) is 10.4. The summed E-state index contributed by atoms with van der Waals surface area (Å²) in [6.45, 7) is 2.70. The second-order valence-electron chi connectivity index (χ2n) is 7.73. The van der Waals surface area contributed by atoms with Crippen LogP contribution in [0.1, 0.15) is 12.8 Å². The van der Waals surface area contributed by atoms with Gasteiger partial charge < -0.3 is 20.6 Å². The molecule has 1 unspecified atom stereocenters. The molecule has 1 fully saturated rings. The van der Waals surface area contributed by atoms with Crippen LogP contribution in [0.25, 0.3) is 33.3 Å². The van der Waals surface area contributed by atoms with E-state index >= 15 is 0 Å². The molecule has 30 heavy (non-hydrogen) atoms. The quantitative estimate of drug-likeness (QED) is 0.393. The van der Waals surface area contributed by atoms with E-state index in [0.717, 1.165) is 37.9 Å². The van der Waals surface area contributed by atoms with Gasteiger partial charge in [-0.1, -0.05) is 11.6 Å². The Labute approximate surface area is 176 Å². The number of fused-ring (bicyclic) bond motifs is 2. The Morgan fingerprint density at radius 3 is 2.90 bits per heavy atom. The van der Waals surface area contributed by atoms with Crippen molar-refractivity contribution < 1.29 is 4.39 Å². The van der Waals surface area contributed by atoms with Crippen molar-refractivity contribution in [3.05, 3.63) is 57.6 Å². The van der Waals surface area contributed by atoms with Crippen LogP contribution in [0.2, 0.25) is 5.02 Å². The van der Waals surface area contributed by atoms with Gasteiger partial charge in [-0.2, -0.15) is 0 Å². The fourth-order valence-electron chi connectivity index (χ4n) is 4.12. The van der Waals surface area contributed by atoms with E-state index < -0.39 is 0 Å². The van der Waals surface area contributed by atoms with Gasteiger partial charge in [0.2, 0.25) is 0 Å². The summed E-state index contributed by atoms with van der Waals surface area (Å²) >= 11 is 6.26. The van der Waals surface area contributed by atoms with E-state index in [4.69, 9.17) is 11.6 Å². The molecular formula is C22H21ClFN5O. The molecule has 2 aromatic carbocycles. The van der Waals surface area contributed by atoms with Crippen molar-refractivity contribution >= 4 is 39.2 Å². The van der Waals surface area contributed by atoms with Crippen molar-refractivity contribution in [2.24, 2.45) is 5.92 Å². The van der Waals surface area contributed by atoms with Crippen LogP contribution in [0.4, 0.5) is 10.1 Å². The van der Waals surface area contributed by atoms with E-state index in [1.807, 2.05) is 6.07 Å². The number of nitrogens with one attached hydrogen (secondary N) is 4. The number of hydrogen-bond acceptors (Lipinski definition) is 4. The molecule has 0 spiro atoms. The Balaban J connectivity index is 1.66. The number of piperidine rings is 1. The molecule has 2 aromatic heterocycles. The predicted octanol–water partition coefficient (Wildman–Crippen LogP) is 4.28. The van der Waals surface area contributed by atoms with Crippen molar-refractivity contribution in [3.63, 3.8) is 0 Å². The maximum atomic E-state index is 13.6. The van der Waals surface area contributed by atoms with Crippen LogP contribution in [-0.4, -0.2) is 34.6 Å². The van der Waals surface area contributed by atoms with Crippen molar-refractivity contribution in [1.29, 1.82) is 0 Å². The Morgan fingerprint density at radius 1 is 1.17 bits per heavy atom. The highest BCUT2D eigenvalue weighted by molar-refractivity contribution is 6.31. The lowest BCUT2D eigenvalue weighted by Gasteiger charge is -2.24. The van der Waals surface area contributed by atoms with Gasteiger partial charge in [0.15, 0.2) is 0 Å². The predicted molar refractivity (Wildman–Crippen MR) is 119 cm³/mol. The molecule has 3 heterocycles. The van der Waals surface area contributed by atoms with Crippen molar-refractivity contribution in [1.82, 2.24) is 20.3 Å². The van der Waals surface area contributed by atoms with E-state index in [-0.39, 0.29) is 11.4 Å². The normalized spacial score (nSPS) is 16.9. The minimum Gasteiger partial charge on any atom is -0.383 e. The molecule has 1 aliphatic heterocycles. The van der Waals surface area contributed by atoms with Gasteiger partial charge in [-0.25, -0.2) is 9.37 Å².